The standard InChI is InChI=1S/C14H10F3NO2/c15-10-5-6-11(13(17)12(10)16)18-14(20)9-3-1-8(7-19)2-4-9/h1-6,19H,7H2,(H,18,20). The highest BCUT2D eigenvalue weighted by Crippen LogP contribution is 2.20. The van der Waals surface area contributed by atoms with Gasteiger partial charge in [-0.15, -0.1) is 0 Å². The van der Waals surface area contributed by atoms with Gasteiger partial charge in [-0.2, -0.15) is 0 Å². The molecule has 1 amide bonds. The van der Waals surface area contributed by atoms with Gasteiger partial charge in [0.25, 0.3) is 5.91 Å². The van der Waals surface area contributed by atoms with Crippen LogP contribution in [0, 0.1) is 17.5 Å². The van der Waals surface area contributed by atoms with Crippen molar-refractivity contribution in [2.75, 3.05) is 5.32 Å². The summed E-state index contributed by atoms with van der Waals surface area (Å²) in [7, 11) is 0. The van der Waals surface area contributed by atoms with Gasteiger partial charge in [-0.3, -0.25) is 4.79 Å². The highest BCUT2D eigenvalue weighted by atomic mass is 19.2. The van der Waals surface area contributed by atoms with Crippen molar-refractivity contribution in [1.29, 1.82) is 0 Å². The Morgan fingerprint density at radius 3 is 2.25 bits per heavy atom. The zero-order chi connectivity index (χ0) is 14.7. The highest BCUT2D eigenvalue weighted by Gasteiger charge is 2.15. The molecule has 6 heteroatoms. The molecule has 0 bridgehead atoms. The molecule has 2 aromatic rings. The summed E-state index contributed by atoms with van der Waals surface area (Å²) in [5, 5.41) is 11.0. The molecule has 0 fully saturated rings. The first kappa shape index (κ1) is 14.1. The van der Waals surface area contributed by atoms with Crippen LogP contribution in [0.3, 0.4) is 0 Å². The van der Waals surface area contributed by atoms with E-state index in [4.69, 9.17) is 5.11 Å². The number of nitrogens with one attached hydrogen (secondary N) is 1. The van der Waals surface area contributed by atoms with Crippen LogP contribution in [-0.2, 0) is 6.61 Å². The molecule has 0 radical (unpaired) electrons. The maximum absolute atomic E-state index is 13.4. The minimum absolute atomic E-state index is 0.167. The molecule has 0 aromatic heterocycles. The van der Waals surface area contributed by atoms with Gasteiger partial charge in [0.2, 0.25) is 0 Å². The van der Waals surface area contributed by atoms with Crippen molar-refractivity contribution in [2.45, 2.75) is 6.61 Å². The minimum Gasteiger partial charge on any atom is -0.392 e. The number of aliphatic hydroxyl groups excluding tert-OH is 1. The van der Waals surface area contributed by atoms with Crippen molar-refractivity contribution in [1.82, 2.24) is 0 Å². The molecule has 0 saturated carbocycles. The molecule has 0 atom stereocenters. The van der Waals surface area contributed by atoms with Crippen LogP contribution in [0.25, 0.3) is 0 Å². The lowest BCUT2D eigenvalue weighted by atomic mass is 10.1. The van der Waals surface area contributed by atoms with Crippen LogP contribution >= 0.6 is 0 Å². The zero-order valence-electron chi connectivity index (χ0n) is 10.2. The number of hydrogen-bond acceptors (Lipinski definition) is 2. The van der Waals surface area contributed by atoms with Gasteiger partial charge in [0.1, 0.15) is 0 Å². The average molecular weight is 281 g/mol. The fraction of sp³-hybridized carbons (Fsp3) is 0.0714. The summed E-state index contributed by atoms with van der Waals surface area (Å²) in [6.45, 7) is -0.167. The average Bonchev–Trinajstić information content (AvgIpc) is 2.48. The molecule has 0 aliphatic carbocycles. The first-order valence-electron chi connectivity index (χ1n) is 5.67. The first-order chi connectivity index (χ1) is 9.52. The molecule has 0 aliphatic heterocycles. The SMILES string of the molecule is O=C(Nc1ccc(F)c(F)c1F)c1ccc(CO)cc1. The molecule has 2 rings (SSSR count). The smallest absolute Gasteiger partial charge is 0.255 e. The summed E-state index contributed by atoms with van der Waals surface area (Å²) in [4.78, 5) is 11.8. The molecular formula is C14H10F3NO2. The van der Waals surface area contributed by atoms with Gasteiger partial charge in [0, 0.05) is 5.56 Å². The molecule has 0 saturated heterocycles. The molecule has 20 heavy (non-hydrogen) atoms. The van der Waals surface area contributed by atoms with E-state index in [2.05, 4.69) is 5.32 Å². The predicted molar refractivity (Wildman–Crippen MR) is 66.6 cm³/mol. The maximum atomic E-state index is 13.4. The number of anilines is 1. The van der Waals surface area contributed by atoms with Crippen LogP contribution in [0.1, 0.15) is 15.9 Å². The second kappa shape index (κ2) is 5.75. The van der Waals surface area contributed by atoms with Crippen molar-refractivity contribution in [3.8, 4) is 0 Å². The van der Waals surface area contributed by atoms with Gasteiger partial charge >= 0.3 is 0 Å². The summed E-state index contributed by atoms with van der Waals surface area (Å²) in [6.07, 6.45) is 0. The Labute approximate surface area is 112 Å². The number of aliphatic hydroxyl groups is 1. The van der Waals surface area contributed by atoms with E-state index in [1.807, 2.05) is 0 Å². The third kappa shape index (κ3) is 2.80. The van der Waals surface area contributed by atoms with Crippen LogP contribution in [0.5, 0.6) is 0 Å². The number of carbonyl (C=O) groups excluding carboxylic acids is 1. The molecule has 0 spiro atoms. The number of amides is 1. The van der Waals surface area contributed by atoms with Gasteiger partial charge in [-0.1, -0.05) is 12.1 Å². The third-order valence-electron chi connectivity index (χ3n) is 2.68. The molecule has 0 aliphatic rings. The Kier molecular flexibility index (Phi) is 4.05. The molecular weight excluding hydrogens is 271 g/mol. The summed E-state index contributed by atoms with van der Waals surface area (Å²) in [5.74, 6) is -5.09. The van der Waals surface area contributed by atoms with Crippen LogP contribution in [0.2, 0.25) is 0 Å². The summed E-state index contributed by atoms with van der Waals surface area (Å²) in [6, 6.07) is 7.57. The maximum Gasteiger partial charge on any atom is 0.255 e. The quantitative estimate of drug-likeness (QED) is 0.850. The second-order valence-corrected chi connectivity index (χ2v) is 4.03. The zero-order valence-corrected chi connectivity index (χ0v) is 10.2. The van der Waals surface area contributed by atoms with E-state index in [0.717, 1.165) is 12.1 Å². The van der Waals surface area contributed by atoms with Crippen LogP contribution < -0.4 is 5.32 Å². The number of rotatable bonds is 3. The molecule has 2 N–H and O–H groups in total. The van der Waals surface area contributed by atoms with Crippen molar-refractivity contribution in [3.63, 3.8) is 0 Å². The van der Waals surface area contributed by atoms with E-state index in [1.165, 1.54) is 24.3 Å². The normalized spacial score (nSPS) is 10.4. The topological polar surface area (TPSA) is 49.3 Å². The minimum atomic E-state index is -1.64. The molecule has 3 nitrogen and oxygen atoms in total. The fourth-order valence-electron chi connectivity index (χ4n) is 1.58. The van der Waals surface area contributed by atoms with Gasteiger partial charge < -0.3 is 10.4 Å². The lowest BCUT2D eigenvalue weighted by molar-refractivity contribution is 0.102. The number of hydrogen-bond donors (Lipinski definition) is 2. The van der Waals surface area contributed by atoms with E-state index in [9.17, 15) is 18.0 Å². The Balaban J connectivity index is 2.21. The lowest BCUT2D eigenvalue weighted by Gasteiger charge is -2.07. The van der Waals surface area contributed by atoms with E-state index in [1.54, 1.807) is 0 Å². The van der Waals surface area contributed by atoms with E-state index in [-0.39, 0.29) is 12.2 Å². The monoisotopic (exact) mass is 281 g/mol. The Morgan fingerprint density at radius 2 is 1.65 bits per heavy atom. The Bertz CT molecular complexity index is 642. The van der Waals surface area contributed by atoms with Crippen LogP contribution in [-0.4, -0.2) is 11.0 Å². The van der Waals surface area contributed by atoms with E-state index >= 15 is 0 Å². The third-order valence-corrected chi connectivity index (χ3v) is 2.68. The van der Waals surface area contributed by atoms with Crippen LogP contribution in [0.4, 0.5) is 18.9 Å². The Morgan fingerprint density at radius 1 is 1.00 bits per heavy atom. The number of benzene rings is 2. The molecule has 2 aromatic carbocycles. The lowest BCUT2D eigenvalue weighted by Crippen LogP contribution is -2.14. The van der Waals surface area contributed by atoms with Gasteiger partial charge in [-0.25, -0.2) is 13.2 Å². The van der Waals surface area contributed by atoms with E-state index < -0.39 is 29.0 Å². The van der Waals surface area contributed by atoms with Gasteiger partial charge in [-0.05, 0) is 29.8 Å². The first-order valence-corrected chi connectivity index (χ1v) is 5.67. The molecule has 0 heterocycles. The highest BCUT2D eigenvalue weighted by molar-refractivity contribution is 6.04. The number of carbonyl (C=O) groups is 1. The van der Waals surface area contributed by atoms with Crippen molar-refractivity contribution in [2.24, 2.45) is 0 Å². The van der Waals surface area contributed by atoms with E-state index in [0.29, 0.717) is 5.56 Å². The predicted octanol–water partition coefficient (Wildman–Crippen LogP) is 2.85. The molecule has 104 valence electrons. The summed E-state index contributed by atoms with van der Waals surface area (Å²) in [5.41, 5.74) is 0.368. The van der Waals surface area contributed by atoms with Gasteiger partial charge in [0.05, 0.1) is 12.3 Å². The Hall–Kier alpha value is -2.34. The largest absolute Gasteiger partial charge is 0.392 e. The fourth-order valence-corrected chi connectivity index (χ4v) is 1.58. The number of halogens is 3. The second-order valence-electron chi connectivity index (χ2n) is 4.03. The van der Waals surface area contributed by atoms with Crippen molar-refractivity contribution >= 4 is 11.6 Å². The molecule has 0 unspecified atom stereocenters. The van der Waals surface area contributed by atoms with Crippen molar-refractivity contribution in [3.05, 3.63) is 65.0 Å². The van der Waals surface area contributed by atoms with Crippen LogP contribution in [0.15, 0.2) is 36.4 Å². The summed E-state index contributed by atoms with van der Waals surface area (Å²) >= 11 is 0. The van der Waals surface area contributed by atoms with Gasteiger partial charge in [0.15, 0.2) is 17.5 Å². The summed E-state index contributed by atoms with van der Waals surface area (Å²) < 4.78 is 39.2. The van der Waals surface area contributed by atoms with Crippen molar-refractivity contribution < 1.29 is 23.1 Å².